The maximum Gasteiger partial charge on any atom is 0.357 e. The van der Waals surface area contributed by atoms with Crippen LogP contribution in [0.15, 0.2) is 16.9 Å². The second-order valence-corrected chi connectivity index (χ2v) is 3.44. The van der Waals surface area contributed by atoms with Crippen LogP contribution in [0.2, 0.25) is 0 Å². The summed E-state index contributed by atoms with van der Waals surface area (Å²) >= 11 is 3.20. The van der Waals surface area contributed by atoms with Gasteiger partial charge in [0, 0.05) is 19.4 Å². The van der Waals surface area contributed by atoms with E-state index in [2.05, 4.69) is 21.0 Å². The van der Waals surface area contributed by atoms with Crippen molar-refractivity contribution < 1.29 is 9.90 Å². The van der Waals surface area contributed by atoms with Gasteiger partial charge in [0.1, 0.15) is 0 Å². The average molecular weight is 244 g/mol. The van der Waals surface area contributed by atoms with E-state index >= 15 is 0 Å². The van der Waals surface area contributed by atoms with Crippen LogP contribution in [0.1, 0.15) is 10.5 Å². The smallest absolute Gasteiger partial charge is 0.357 e. The third-order valence-corrected chi connectivity index (χ3v) is 2.53. The summed E-state index contributed by atoms with van der Waals surface area (Å²) in [6, 6.07) is 0. The normalized spacial score (nSPS) is 10.9. The zero-order valence-electron chi connectivity index (χ0n) is 6.73. The Hall–Kier alpha value is -1.30. The maximum absolute atomic E-state index is 10.7. The number of aromatic carboxylic acids is 1. The lowest BCUT2D eigenvalue weighted by Crippen LogP contribution is -1.98. The van der Waals surface area contributed by atoms with Gasteiger partial charge in [0.25, 0.3) is 0 Å². The fourth-order valence-corrected chi connectivity index (χ4v) is 1.91. The number of halogens is 1. The van der Waals surface area contributed by atoms with Crippen molar-refractivity contribution in [1.29, 1.82) is 0 Å². The molecule has 68 valence electrons. The highest BCUT2D eigenvalue weighted by atomic mass is 79.9. The molecule has 2 heterocycles. The zero-order chi connectivity index (χ0) is 9.59. The highest BCUT2D eigenvalue weighted by Crippen LogP contribution is 2.22. The number of aromatic nitrogens is 3. The van der Waals surface area contributed by atoms with Crippen LogP contribution in [0.5, 0.6) is 0 Å². The molecule has 0 unspecified atom stereocenters. The van der Waals surface area contributed by atoms with Crippen LogP contribution in [-0.4, -0.2) is 25.3 Å². The van der Waals surface area contributed by atoms with Crippen molar-refractivity contribution in [2.75, 3.05) is 0 Å². The molecule has 5 nitrogen and oxygen atoms in total. The minimum atomic E-state index is -1.03. The molecule has 0 amide bonds. The van der Waals surface area contributed by atoms with E-state index in [4.69, 9.17) is 5.11 Å². The third kappa shape index (κ3) is 1.06. The van der Waals surface area contributed by atoms with Crippen LogP contribution in [0.25, 0.3) is 5.65 Å². The molecule has 13 heavy (non-hydrogen) atoms. The fourth-order valence-electron chi connectivity index (χ4n) is 1.20. The topological polar surface area (TPSA) is 59.5 Å². The molecule has 0 bridgehead atoms. The van der Waals surface area contributed by atoms with Crippen molar-refractivity contribution in [2.24, 2.45) is 7.05 Å². The number of nitrogens with zero attached hydrogens (tertiary/aromatic N) is 3. The summed E-state index contributed by atoms with van der Waals surface area (Å²) < 4.78 is 3.82. The summed E-state index contributed by atoms with van der Waals surface area (Å²) in [4.78, 5) is 10.7. The van der Waals surface area contributed by atoms with Gasteiger partial charge in [0.05, 0.1) is 4.47 Å². The quantitative estimate of drug-likeness (QED) is 0.818. The molecule has 0 saturated heterocycles. The van der Waals surface area contributed by atoms with Crippen LogP contribution in [0, 0.1) is 0 Å². The molecule has 0 aromatic carbocycles. The highest BCUT2D eigenvalue weighted by Gasteiger charge is 2.17. The van der Waals surface area contributed by atoms with Gasteiger partial charge in [-0.25, -0.2) is 9.31 Å². The Labute approximate surface area is 81.7 Å². The number of imidazole rings is 1. The van der Waals surface area contributed by atoms with Crippen LogP contribution in [0.3, 0.4) is 0 Å². The Balaban J connectivity index is 2.82. The molecule has 0 atom stereocenters. The van der Waals surface area contributed by atoms with Gasteiger partial charge in [0.15, 0.2) is 11.3 Å². The molecule has 2 rings (SSSR count). The first-order valence-electron chi connectivity index (χ1n) is 3.53. The predicted molar refractivity (Wildman–Crippen MR) is 48.8 cm³/mol. The minimum absolute atomic E-state index is 0.0335. The van der Waals surface area contributed by atoms with Gasteiger partial charge in [0.2, 0.25) is 0 Å². The van der Waals surface area contributed by atoms with E-state index in [1.54, 1.807) is 17.0 Å². The van der Waals surface area contributed by atoms with Crippen molar-refractivity contribution in [3.05, 3.63) is 22.6 Å². The summed E-state index contributed by atoms with van der Waals surface area (Å²) in [5.74, 6) is -1.03. The molecule has 2 aromatic rings. The molecule has 0 fully saturated rings. The fraction of sp³-hybridized carbons (Fsp3) is 0.143. The van der Waals surface area contributed by atoms with Crippen molar-refractivity contribution in [2.45, 2.75) is 0 Å². The van der Waals surface area contributed by atoms with Gasteiger partial charge in [-0.05, 0) is 15.9 Å². The Bertz CT molecular complexity index is 485. The number of fused-ring (bicyclic) bond motifs is 1. The molecule has 1 N–H and O–H groups in total. The van der Waals surface area contributed by atoms with E-state index in [9.17, 15) is 4.79 Å². The number of carbonyl (C=O) groups is 1. The molecule has 0 spiro atoms. The molecule has 0 aliphatic rings. The predicted octanol–water partition coefficient (Wildman–Crippen LogP) is 1.13. The number of carboxylic acids is 1. The van der Waals surface area contributed by atoms with Gasteiger partial charge < -0.3 is 9.67 Å². The Morgan fingerprint density at radius 3 is 2.85 bits per heavy atom. The number of rotatable bonds is 1. The van der Waals surface area contributed by atoms with Gasteiger partial charge in [-0.1, -0.05) is 0 Å². The lowest BCUT2D eigenvalue weighted by Gasteiger charge is -1.90. The van der Waals surface area contributed by atoms with Gasteiger partial charge >= 0.3 is 5.97 Å². The van der Waals surface area contributed by atoms with Crippen molar-refractivity contribution in [3.63, 3.8) is 0 Å². The van der Waals surface area contributed by atoms with Gasteiger partial charge in [-0.3, -0.25) is 0 Å². The second-order valence-electron chi connectivity index (χ2n) is 2.64. The van der Waals surface area contributed by atoms with Gasteiger partial charge in [-0.15, -0.1) is 0 Å². The summed E-state index contributed by atoms with van der Waals surface area (Å²) in [6.45, 7) is 0. The van der Waals surface area contributed by atoms with E-state index in [-0.39, 0.29) is 5.69 Å². The van der Waals surface area contributed by atoms with Crippen molar-refractivity contribution in [3.8, 4) is 0 Å². The first kappa shape index (κ1) is 8.31. The highest BCUT2D eigenvalue weighted by molar-refractivity contribution is 9.10. The molecular formula is C7H6BrN3O2. The van der Waals surface area contributed by atoms with Crippen LogP contribution >= 0.6 is 15.9 Å². The molecule has 0 aliphatic heterocycles. The SMILES string of the molecule is Cn1ccn2nc(C(=O)O)c(Br)c12. The Kier molecular flexibility index (Phi) is 1.66. The summed E-state index contributed by atoms with van der Waals surface area (Å²) in [5, 5.41) is 12.6. The number of hydrogen-bond acceptors (Lipinski definition) is 2. The molecule has 6 heteroatoms. The minimum Gasteiger partial charge on any atom is -0.476 e. The van der Waals surface area contributed by atoms with Crippen molar-refractivity contribution in [1.82, 2.24) is 14.2 Å². The first-order valence-corrected chi connectivity index (χ1v) is 4.33. The van der Waals surface area contributed by atoms with E-state index in [1.165, 1.54) is 4.52 Å². The molecule has 0 saturated carbocycles. The third-order valence-electron chi connectivity index (χ3n) is 1.80. The van der Waals surface area contributed by atoms with Crippen LogP contribution in [-0.2, 0) is 7.05 Å². The van der Waals surface area contributed by atoms with E-state index in [0.29, 0.717) is 4.47 Å². The molecule has 2 aromatic heterocycles. The monoisotopic (exact) mass is 243 g/mol. The zero-order valence-corrected chi connectivity index (χ0v) is 8.32. The largest absolute Gasteiger partial charge is 0.476 e. The second kappa shape index (κ2) is 2.59. The lowest BCUT2D eigenvalue weighted by atomic mass is 10.4. The van der Waals surface area contributed by atoms with E-state index < -0.39 is 5.97 Å². The van der Waals surface area contributed by atoms with Crippen molar-refractivity contribution >= 4 is 27.5 Å². The summed E-state index contributed by atoms with van der Waals surface area (Å²) in [5.41, 5.74) is 0.767. The number of hydrogen-bond donors (Lipinski definition) is 1. The standard InChI is InChI=1S/C7H6BrN3O2/c1-10-2-3-11-6(10)4(8)5(9-11)7(12)13/h2-3H,1H3,(H,12,13). The maximum atomic E-state index is 10.7. The van der Waals surface area contributed by atoms with E-state index in [1.807, 2.05) is 7.05 Å². The molecule has 0 radical (unpaired) electrons. The Morgan fingerprint density at radius 2 is 2.31 bits per heavy atom. The summed E-state index contributed by atoms with van der Waals surface area (Å²) in [7, 11) is 1.83. The first-order chi connectivity index (χ1) is 6.11. The van der Waals surface area contributed by atoms with Crippen LogP contribution < -0.4 is 0 Å². The van der Waals surface area contributed by atoms with Crippen LogP contribution in [0.4, 0.5) is 0 Å². The lowest BCUT2D eigenvalue weighted by molar-refractivity contribution is 0.0689. The van der Waals surface area contributed by atoms with Gasteiger partial charge in [-0.2, -0.15) is 5.10 Å². The summed E-state index contributed by atoms with van der Waals surface area (Å²) in [6.07, 6.45) is 3.51. The Morgan fingerprint density at radius 1 is 1.62 bits per heavy atom. The number of carboxylic acid groups (broad SMARTS) is 1. The molecule has 0 aliphatic carbocycles. The molecular weight excluding hydrogens is 238 g/mol. The number of aryl methyl sites for hydroxylation is 1. The van der Waals surface area contributed by atoms with E-state index in [0.717, 1.165) is 5.65 Å². The average Bonchev–Trinajstić information content (AvgIpc) is 2.55.